The molecule has 0 heterocycles. The molecule has 3 heteroatoms. The first-order valence-electron chi connectivity index (χ1n) is 11.4. The summed E-state index contributed by atoms with van der Waals surface area (Å²) in [7, 11) is 0. The summed E-state index contributed by atoms with van der Waals surface area (Å²) in [5.41, 5.74) is 5.32. The number of aliphatic hydroxyl groups is 1. The van der Waals surface area contributed by atoms with Crippen molar-refractivity contribution < 1.29 is 14.3 Å². The molecule has 1 aromatic rings. The molecule has 0 bridgehead atoms. The predicted octanol–water partition coefficient (Wildman–Crippen LogP) is 7.41. The van der Waals surface area contributed by atoms with Crippen molar-refractivity contribution >= 4 is 5.78 Å². The number of hydrogen-bond acceptors (Lipinski definition) is 2. The zero-order valence-electron chi connectivity index (χ0n) is 18.9. The summed E-state index contributed by atoms with van der Waals surface area (Å²) in [4.78, 5) is 13.1. The van der Waals surface area contributed by atoms with Crippen molar-refractivity contribution in [2.45, 2.75) is 79.1 Å². The molecule has 162 valence electrons. The first-order valence-corrected chi connectivity index (χ1v) is 11.4. The van der Waals surface area contributed by atoms with Gasteiger partial charge >= 0.3 is 0 Å². The summed E-state index contributed by atoms with van der Waals surface area (Å²) >= 11 is 0. The van der Waals surface area contributed by atoms with E-state index in [1.807, 2.05) is 12.1 Å². The zero-order chi connectivity index (χ0) is 21.9. The minimum Gasteiger partial charge on any atom is -0.512 e. The Morgan fingerprint density at radius 1 is 1.07 bits per heavy atom. The van der Waals surface area contributed by atoms with Gasteiger partial charge in [-0.3, -0.25) is 4.79 Å². The Bertz CT molecular complexity index is 884. The van der Waals surface area contributed by atoms with E-state index < -0.39 is 0 Å². The third kappa shape index (κ3) is 5.11. The number of aryl methyl sites for hydroxylation is 1. The average molecular weight is 411 g/mol. The van der Waals surface area contributed by atoms with E-state index in [0.29, 0.717) is 18.4 Å². The maximum atomic E-state index is 13.1. The lowest BCUT2D eigenvalue weighted by Gasteiger charge is -2.34. The van der Waals surface area contributed by atoms with Gasteiger partial charge in [-0.05, 0) is 78.7 Å². The van der Waals surface area contributed by atoms with Crippen LogP contribution in [0.5, 0.6) is 0 Å². The summed E-state index contributed by atoms with van der Waals surface area (Å²) in [5, 5.41) is 10.9. The van der Waals surface area contributed by atoms with Gasteiger partial charge in [0.05, 0.1) is 5.57 Å². The summed E-state index contributed by atoms with van der Waals surface area (Å²) in [6.07, 6.45) is 8.78. The van der Waals surface area contributed by atoms with Crippen LogP contribution >= 0.6 is 0 Å². The van der Waals surface area contributed by atoms with Crippen molar-refractivity contribution in [2.24, 2.45) is 11.3 Å². The second-order valence-corrected chi connectivity index (χ2v) is 9.56. The minimum absolute atomic E-state index is 0.0885. The zero-order valence-corrected chi connectivity index (χ0v) is 18.9. The van der Waals surface area contributed by atoms with Crippen LogP contribution in [-0.2, 0) is 11.2 Å². The smallest absolute Gasteiger partial charge is 0.167 e. The van der Waals surface area contributed by atoms with Gasteiger partial charge in [0.1, 0.15) is 11.6 Å². The molecule has 0 spiro atoms. The third-order valence-corrected chi connectivity index (χ3v) is 6.48. The van der Waals surface area contributed by atoms with E-state index >= 15 is 0 Å². The number of carbonyl (C=O) groups excluding carboxylic acids is 1. The van der Waals surface area contributed by atoms with Gasteiger partial charge in [0.2, 0.25) is 0 Å². The number of carbonyl (C=O) groups is 1. The van der Waals surface area contributed by atoms with Crippen molar-refractivity contribution in [3.05, 3.63) is 69.8 Å². The summed E-state index contributed by atoms with van der Waals surface area (Å²) in [6, 6.07) is 6.62. The van der Waals surface area contributed by atoms with Crippen LogP contribution in [0.2, 0.25) is 0 Å². The van der Waals surface area contributed by atoms with Crippen molar-refractivity contribution in [2.75, 3.05) is 0 Å². The van der Waals surface area contributed by atoms with Crippen LogP contribution < -0.4 is 0 Å². The number of halogens is 1. The quantitative estimate of drug-likeness (QED) is 0.508. The standard InChI is InChI=1S/C27H35FO2/c1-5-20-16-27(3,4)17-21(6-2)25(20)26-23(29)14-19(15-24(26)30)9-7-8-18-10-12-22(28)13-11-18/h10-13,16,19,29H,5-9,14-15,17H2,1-4H3. The Morgan fingerprint density at radius 2 is 1.77 bits per heavy atom. The highest BCUT2D eigenvalue weighted by Crippen LogP contribution is 2.45. The normalized spacial score (nSPS) is 21.8. The number of allylic oxidation sites excluding steroid dienone is 6. The molecule has 1 unspecified atom stereocenters. The van der Waals surface area contributed by atoms with Gasteiger partial charge in [0, 0.05) is 12.8 Å². The van der Waals surface area contributed by atoms with Crippen LogP contribution in [-0.4, -0.2) is 10.9 Å². The molecule has 0 amide bonds. The molecular formula is C27H35FO2. The minimum atomic E-state index is -0.216. The number of benzene rings is 1. The summed E-state index contributed by atoms with van der Waals surface area (Å²) < 4.78 is 13.0. The highest BCUT2D eigenvalue weighted by atomic mass is 19.1. The fraction of sp³-hybridized carbons (Fsp3) is 0.519. The molecule has 30 heavy (non-hydrogen) atoms. The molecule has 1 aromatic carbocycles. The maximum absolute atomic E-state index is 13.1. The monoisotopic (exact) mass is 410 g/mol. The van der Waals surface area contributed by atoms with E-state index in [9.17, 15) is 14.3 Å². The summed E-state index contributed by atoms with van der Waals surface area (Å²) in [6.45, 7) is 8.75. The topological polar surface area (TPSA) is 37.3 Å². The average Bonchev–Trinajstić information content (AvgIpc) is 2.69. The van der Waals surface area contributed by atoms with Crippen LogP contribution in [0.25, 0.3) is 0 Å². The Balaban J connectivity index is 1.74. The van der Waals surface area contributed by atoms with Gasteiger partial charge in [-0.15, -0.1) is 0 Å². The fourth-order valence-corrected chi connectivity index (χ4v) is 5.08. The Morgan fingerprint density at radius 3 is 2.37 bits per heavy atom. The molecule has 2 aliphatic rings. The molecule has 0 aliphatic heterocycles. The SMILES string of the molecule is CCC1=CC(C)(C)CC(CC)=C1C1=C(O)CC(CCCc2ccc(F)cc2)CC1=O. The first kappa shape index (κ1) is 22.5. The molecular weight excluding hydrogens is 375 g/mol. The van der Waals surface area contributed by atoms with Gasteiger partial charge in [-0.1, -0.05) is 51.5 Å². The van der Waals surface area contributed by atoms with Crippen LogP contribution in [0.3, 0.4) is 0 Å². The van der Waals surface area contributed by atoms with Gasteiger partial charge < -0.3 is 5.11 Å². The van der Waals surface area contributed by atoms with Gasteiger partial charge in [-0.2, -0.15) is 0 Å². The highest BCUT2D eigenvalue weighted by molar-refractivity contribution is 6.02. The molecule has 2 aliphatic carbocycles. The molecule has 3 rings (SSSR count). The number of hydrogen-bond donors (Lipinski definition) is 1. The fourth-order valence-electron chi connectivity index (χ4n) is 5.08. The lowest BCUT2D eigenvalue weighted by molar-refractivity contribution is -0.117. The van der Waals surface area contributed by atoms with E-state index in [1.54, 1.807) is 0 Å². The van der Waals surface area contributed by atoms with Crippen LogP contribution in [0, 0.1) is 17.2 Å². The second kappa shape index (κ2) is 9.32. The number of rotatable bonds is 7. The van der Waals surface area contributed by atoms with E-state index in [0.717, 1.165) is 49.7 Å². The molecule has 0 aromatic heterocycles. The molecule has 0 radical (unpaired) electrons. The van der Waals surface area contributed by atoms with E-state index in [2.05, 4.69) is 33.8 Å². The lowest BCUT2D eigenvalue weighted by atomic mass is 9.70. The number of ketones is 1. The van der Waals surface area contributed by atoms with Crippen molar-refractivity contribution in [3.8, 4) is 0 Å². The number of aliphatic hydroxyl groups excluding tert-OH is 1. The Hall–Kier alpha value is -2.16. The molecule has 1 atom stereocenters. The maximum Gasteiger partial charge on any atom is 0.167 e. The Kier molecular flexibility index (Phi) is 7.00. The highest BCUT2D eigenvalue weighted by Gasteiger charge is 2.34. The van der Waals surface area contributed by atoms with E-state index in [-0.39, 0.29) is 28.7 Å². The molecule has 0 fully saturated rings. The number of Topliss-reactive ketones (excluding diaryl/α,β-unsaturated/α-hetero) is 1. The van der Waals surface area contributed by atoms with E-state index in [1.165, 1.54) is 23.3 Å². The third-order valence-electron chi connectivity index (χ3n) is 6.48. The molecule has 2 nitrogen and oxygen atoms in total. The molecule has 0 saturated carbocycles. The second-order valence-electron chi connectivity index (χ2n) is 9.56. The lowest BCUT2D eigenvalue weighted by Crippen LogP contribution is -2.25. The van der Waals surface area contributed by atoms with Crippen LogP contribution in [0.15, 0.2) is 58.4 Å². The molecule has 0 saturated heterocycles. The molecule has 1 N–H and O–H groups in total. The van der Waals surface area contributed by atoms with Gasteiger partial charge in [0.25, 0.3) is 0 Å². The summed E-state index contributed by atoms with van der Waals surface area (Å²) in [5.74, 6) is 0.330. The van der Waals surface area contributed by atoms with Gasteiger partial charge in [0.15, 0.2) is 5.78 Å². The first-order chi connectivity index (χ1) is 14.2. The van der Waals surface area contributed by atoms with E-state index in [4.69, 9.17) is 0 Å². The van der Waals surface area contributed by atoms with Crippen molar-refractivity contribution in [3.63, 3.8) is 0 Å². The van der Waals surface area contributed by atoms with Crippen LogP contribution in [0.1, 0.15) is 78.2 Å². The van der Waals surface area contributed by atoms with Crippen LogP contribution in [0.4, 0.5) is 4.39 Å². The Labute approximate surface area is 180 Å². The van der Waals surface area contributed by atoms with Crippen molar-refractivity contribution in [1.29, 1.82) is 0 Å². The predicted molar refractivity (Wildman–Crippen MR) is 121 cm³/mol. The largest absolute Gasteiger partial charge is 0.512 e. The van der Waals surface area contributed by atoms with Crippen molar-refractivity contribution in [1.82, 2.24) is 0 Å². The van der Waals surface area contributed by atoms with Gasteiger partial charge in [-0.25, -0.2) is 4.39 Å².